The molecule has 0 saturated heterocycles. The first kappa shape index (κ1) is 21.8. The van der Waals surface area contributed by atoms with Gasteiger partial charge in [0.05, 0.1) is 6.54 Å². The normalized spacial score (nSPS) is 11.2. The lowest BCUT2D eigenvalue weighted by Crippen LogP contribution is -2.38. The van der Waals surface area contributed by atoms with Gasteiger partial charge in [0.15, 0.2) is 5.96 Å². The summed E-state index contributed by atoms with van der Waals surface area (Å²) in [6, 6.07) is 4.85. The number of nitrogens with zero attached hydrogens (tertiary/aromatic N) is 1. The van der Waals surface area contributed by atoms with Gasteiger partial charge in [-0.1, -0.05) is 6.08 Å². The van der Waals surface area contributed by atoms with Gasteiger partial charge in [-0.05, 0) is 37.1 Å². The molecule has 0 aliphatic rings. The summed E-state index contributed by atoms with van der Waals surface area (Å²) in [6.07, 6.45) is 4.70. The number of aromatic nitrogens is 1. The van der Waals surface area contributed by atoms with Crippen LogP contribution in [0, 0.1) is 5.82 Å². The summed E-state index contributed by atoms with van der Waals surface area (Å²) in [5, 5.41) is 7.67. The third-order valence-corrected chi connectivity index (χ3v) is 4.44. The molecule has 0 amide bonds. The number of H-pyrrole nitrogens is 1. The van der Waals surface area contributed by atoms with E-state index in [9.17, 15) is 4.39 Å². The van der Waals surface area contributed by atoms with Crippen LogP contribution in [0.25, 0.3) is 10.9 Å². The summed E-state index contributed by atoms with van der Waals surface area (Å²) < 4.78 is 13.2. The van der Waals surface area contributed by atoms with Crippen LogP contribution in [0.2, 0.25) is 0 Å². The van der Waals surface area contributed by atoms with E-state index < -0.39 is 0 Å². The first-order chi connectivity index (χ1) is 11.7. The zero-order chi connectivity index (χ0) is 17.2. The minimum atomic E-state index is -0.218. The highest BCUT2D eigenvalue weighted by Crippen LogP contribution is 2.19. The summed E-state index contributed by atoms with van der Waals surface area (Å²) in [7, 11) is 0. The number of fused-ring (bicyclic) bond motifs is 1. The molecule has 0 spiro atoms. The Balaban J connectivity index is 0.00000312. The number of aromatic amines is 1. The van der Waals surface area contributed by atoms with E-state index in [1.165, 1.54) is 17.7 Å². The van der Waals surface area contributed by atoms with Crippen LogP contribution in [0.1, 0.15) is 12.5 Å². The summed E-state index contributed by atoms with van der Waals surface area (Å²) in [5.41, 5.74) is 2.01. The van der Waals surface area contributed by atoms with Gasteiger partial charge in [0.25, 0.3) is 0 Å². The molecule has 2 aromatic rings. The predicted octanol–water partition coefficient (Wildman–Crippen LogP) is 3.94. The average Bonchev–Trinajstić information content (AvgIpc) is 2.96. The highest BCUT2D eigenvalue weighted by Gasteiger charge is 2.05. The van der Waals surface area contributed by atoms with E-state index in [-0.39, 0.29) is 29.8 Å². The summed E-state index contributed by atoms with van der Waals surface area (Å²) in [5.74, 6) is 2.56. The number of rotatable bonds is 9. The maximum absolute atomic E-state index is 13.2. The molecule has 0 unspecified atom stereocenters. The Morgan fingerprint density at radius 3 is 3.00 bits per heavy atom. The molecule has 0 saturated carbocycles. The lowest BCUT2D eigenvalue weighted by molar-refractivity contribution is 0.629. The number of aliphatic imine (C=N–C) groups is 1. The van der Waals surface area contributed by atoms with Gasteiger partial charge < -0.3 is 15.6 Å². The van der Waals surface area contributed by atoms with Crippen molar-refractivity contribution in [2.75, 3.05) is 31.1 Å². The highest BCUT2D eigenvalue weighted by molar-refractivity contribution is 14.0. The Hall–Kier alpha value is -1.22. The largest absolute Gasteiger partial charge is 0.361 e. The Bertz CT molecular complexity index is 687. The van der Waals surface area contributed by atoms with Gasteiger partial charge >= 0.3 is 0 Å². The molecule has 0 bridgehead atoms. The molecule has 0 atom stereocenters. The molecule has 0 aliphatic heterocycles. The number of benzene rings is 1. The summed E-state index contributed by atoms with van der Waals surface area (Å²) >= 11 is 1.82. The molecule has 7 heteroatoms. The van der Waals surface area contributed by atoms with Gasteiger partial charge in [-0.3, -0.25) is 4.99 Å². The maximum Gasteiger partial charge on any atom is 0.191 e. The molecule has 3 N–H and O–H groups in total. The minimum Gasteiger partial charge on any atom is -0.361 e. The van der Waals surface area contributed by atoms with E-state index in [1.807, 2.05) is 30.1 Å². The van der Waals surface area contributed by atoms with E-state index in [2.05, 4.69) is 34.1 Å². The number of thioether (sulfide) groups is 1. The molecular formula is C18H26FIN4S. The van der Waals surface area contributed by atoms with E-state index in [0.717, 1.165) is 54.4 Å². The quantitative estimate of drug-likeness (QED) is 0.169. The van der Waals surface area contributed by atoms with E-state index in [1.54, 1.807) is 0 Å². The number of guanidine groups is 1. The average molecular weight is 476 g/mol. The van der Waals surface area contributed by atoms with Crippen LogP contribution >= 0.6 is 35.7 Å². The lowest BCUT2D eigenvalue weighted by atomic mass is 10.1. The molecule has 0 fully saturated rings. The number of hydrogen-bond donors (Lipinski definition) is 3. The van der Waals surface area contributed by atoms with Gasteiger partial charge in [-0.2, -0.15) is 11.8 Å². The van der Waals surface area contributed by atoms with Crippen LogP contribution in [0.3, 0.4) is 0 Å². The lowest BCUT2D eigenvalue weighted by Gasteiger charge is -2.11. The van der Waals surface area contributed by atoms with Crippen LogP contribution in [0.4, 0.5) is 4.39 Å². The van der Waals surface area contributed by atoms with Crippen molar-refractivity contribution in [3.05, 3.63) is 48.4 Å². The molecule has 138 valence electrons. The van der Waals surface area contributed by atoms with Crippen molar-refractivity contribution in [1.82, 2.24) is 15.6 Å². The molecule has 2 rings (SSSR count). The minimum absolute atomic E-state index is 0. The maximum atomic E-state index is 13.2. The fourth-order valence-corrected chi connectivity index (χ4v) is 2.97. The van der Waals surface area contributed by atoms with Gasteiger partial charge in [0.1, 0.15) is 5.82 Å². The molecule has 25 heavy (non-hydrogen) atoms. The van der Waals surface area contributed by atoms with E-state index in [0.29, 0.717) is 0 Å². The van der Waals surface area contributed by atoms with Gasteiger partial charge in [0, 0.05) is 41.7 Å². The molecule has 0 radical (unpaired) electrons. The second kappa shape index (κ2) is 12.2. The van der Waals surface area contributed by atoms with Crippen LogP contribution in [-0.4, -0.2) is 42.1 Å². The smallest absolute Gasteiger partial charge is 0.191 e. The van der Waals surface area contributed by atoms with Crippen LogP contribution in [0.15, 0.2) is 42.0 Å². The molecule has 1 aromatic heterocycles. The summed E-state index contributed by atoms with van der Waals surface area (Å²) in [6.45, 7) is 8.15. The van der Waals surface area contributed by atoms with Crippen LogP contribution in [0.5, 0.6) is 0 Å². The highest BCUT2D eigenvalue weighted by atomic mass is 127. The van der Waals surface area contributed by atoms with Crippen molar-refractivity contribution in [2.45, 2.75) is 13.3 Å². The standard InChI is InChI=1S/C18H25FN4S.HI/c1-3-10-24-11-9-22-18(20-4-2)21-8-7-14-13-23-17-12-15(19)5-6-16(14)17;/h3,5-6,12-13,23H,1,4,7-11H2,2H3,(H2,20,21,22);1H. The second-order valence-corrected chi connectivity index (χ2v) is 6.45. The van der Waals surface area contributed by atoms with Crippen LogP contribution in [-0.2, 0) is 6.42 Å². The number of hydrogen-bond acceptors (Lipinski definition) is 2. The van der Waals surface area contributed by atoms with Gasteiger partial charge in [-0.25, -0.2) is 4.39 Å². The molecular weight excluding hydrogens is 450 g/mol. The van der Waals surface area contributed by atoms with Crippen molar-refractivity contribution >= 4 is 52.6 Å². The Labute approximate surface area is 170 Å². The molecule has 1 heterocycles. The van der Waals surface area contributed by atoms with E-state index in [4.69, 9.17) is 0 Å². The zero-order valence-electron chi connectivity index (χ0n) is 14.5. The van der Waals surface area contributed by atoms with Gasteiger partial charge in [0.2, 0.25) is 0 Å². The van der Waals surface area contributed by atoms with E-state index >= 15 is 0 Å². The van der Waals surface area contributed by atoms with Gasteiger partial charge in [-0.15, -0.1) is 30.6 Å². The van der Waals surface area contributed by atoms with Crippen molar-refractivity contribution in [3.8, 4) is 0 Å². The number of halogens is 2. The number of nitrogens with one attached hydrogen (secondary N) is 3. The molecule has 0 aliphatic carbocycles. The second-order valence-electron chi connectivity index (χ2n) is 5.30. The Morgan fingerprint density at radius 1 is 1.40 bits per heavy atom. The fraction of sp³-hybridized carbons (Fsp3) is 0.389. The molecule has 4 nitrogen and oxygen atoms in total. The monoisotopic (exact) mass is 476 g/mol. The topological polar surface area (TPSA) is 52.2 Å². The Morgan fingerprint density at radius 2 is 2.24 bits per heavy atom. The molecule has 1 aromatic carbocycles. The zero-order valence-corrected chi connectivity index (χ0v) is 17.6. The first-order valence-corrected chi connectivity index (χ1v) is 9.36. The predicted molar refractivity (Wildman–Crippen MR) is 119 cm³/mol. The van der Waals surface area contributed by atoms with Crippen molar-refractivity contribution in [1.29, 1.82) is 0 Å². The van der Waals surface area contributed by atoms with Crippen molar-refractivity contribution in [3.63, 3.8) is 0 Å². The van der Waals surface area contributed by atoms with Crippen molar-refractivity contribution in [2.24, 2.45) is 4.99 Å². The third-order valence-electron chi connectivity index (χ3n) is 3.50. The SMILES string of the molecule is C=CCSCCN=C(NCC)NCCc1c[nH]c2cc(F)ccc12.I. The third kappa shape index (κ3) is 7.27. The first-order valence-electron chi connectivity index (χ1n) is 8.21. The summed E-state index contributed by atoms with van der Waals surface area (Å²) in [4.78, 5) is 7.68. The van der Waals surface area contributed by atoms with Crippen LogP contribution < -0.4 is 10.6 Å². The Kier molecular flexibility index (Phi) is 10.6. The van der Waals surface area contributed by atoms with Crippen molar-refractivity contribution < 1.29 is 4.39 Å². The fourth-order valence-electron chi connectivity index (χ4n) is 2.41.